The first-order valence-electron chi connectivity index (χ1n) is 8.19. The topological polar surface area (TPSA) is 78.9 Å². The highest BCUT2D eigenvalue weighted by Crippen LogP contribution is 2.31. The van der Waals surface area contributed by atoms with Gasteiger partial charge in [-0.1, -0.05) is 6.07 Å². The minimum atomic E-state index is -1.75. The van der Waals surface area contributed by atoms with Crippen molar-refractivity contribution < 1.29 is 28.2 Å². The number of hydrogen-bond acceptors (Lipinski definition) is 5. The maximum absolute atomic E-state index is 14.1. The van der Waals surface area contributed by atoms with E-state index in [1.54, 1.807) is 0 Å². The van der Waals surface area contributed by atoms with Crippen LogP contribution in [0.25, 0.3) is 0 Å². The fourth-order valence-electron chi connectivity index (χ4n) is 2.88. The van der Waals surface area contributed by atoms with Gasteiger partial charge in [0.25, 0.3) is 5.91 Å². The Labute approximate surface area is 158 Å². The molecule has 1 aromatic heterocycles. The Hall–Kier alpha value is -2.36. The average Bonchev–Trinajstić information content (AvgIpc) is 3.20. The maximum atomic E-state index is 14.1. The lowest BCUT2D eigenvalue weighted by molar-refractivity contribution is -0.132. The largest absolute Gasteiger partial charge is 0.389 e. The van der Waals surface area contributed by atoms with Crippen LogP contribution in [0.15, 0.2) is 35.7 Å². The molecule has 1 aliphatic rings. The van der Waals surface area contributed by atoms with Crippen LogP contribution in [0.2, 0.25) is 0 Å². The van der Waals surface area contributed by atoms with E-state index in [1.807, 2.05) is 17.5 Å². The number of urea groups is 1. The van der Waals surface area contributed by atoms with Crippen molar-refractivity contribution in [2.75, 3.05) is 13.2 Å². The third-order valence-electron chi connectivity index (χ3n) is 4.27. The fraction of sp³-hybridized carbons (Fsp3) is 0.333. The zero-order valence-electron chi connectivity index (χ0n) is 14.4. The SMILES string of the molecule is C[C@]1(c2cc(F)ccc2F)NC(=O)N(C[C@@H](O)COCc2cccs2)C1=O. The Kier molecular flexibility index (Phi) is 5.54. The molecule has 9 heteroatoms. The Morgan fingerprint density at radius 1 is 1.33 bits per heavy atom. The van der Waals surface area contributed by atoms with Crippen molar-refractivity contribution in [1.82, 2.24) is 10.2 Å². The minimum absolute atomic E-state index is 0.0833. The number of rotatable bonds is 7. The van der Waals surface area contributed by atoms with E-state index in [-0.39, 0.29) is 18.7 Å². The number of nitrogens with one attached hydrogen (secondary N) is 1. The number of aliphatic hydroxyl groups excluding tert-OH is 1. The second-order valence-corrected chi connectivity index (χ2v) is 7.38. The molecule has 0 bridgehead atoms. The second kappa shape index (κ2) is 7.71. The van der Waals surface area contributed by atoms with Gasteiger partial charge in [0.15, 0.2) is 0 Å². The van der Waals surface area contributed by atoms with Gasteiger partial charge in [-0.3, -0.25) is 9.69 Å². The first kappa shape index (κ1) is 19.4. The predicted octanol–water partition coefficient (Wildman–Crippen LogP) is 2.37. The number of imide groups is 1. The molecule has 1 saturated heterocycles. The molecule has 2 heterocycles. The van der Waals surface area contributed by atoms with E-state index >= 15 is 0 Å². The summed E-state index contributed by atoms with van der Waals surface area (Å²) in [6, 6.07) is 5.66. The molecule has 2 aromatic rings. The molecule has 3 amide bonds. The summed E-state index contributed by atoms with van der Waals surface area (Å²) in [5.41, 5.74) is -2.02. The van der Waals surface area contributed by atoms with Crippen LogP contribution < -0.4 is 5.32 Å². The Balaban J connectivity index is 1.65. The summed E-state index contributed by atoms with van der Waals surface area (Å²) in [4.78, 5) is 26.7. The molecule has 1 aromatic carbocycles. The lowest BCUT2D eigenvalue weighted by atomic mass is 9.91. The maximum Gasteiger partial charge on any atom is 0.325 e. The van der Waals surface area contributed by atoms with E-state index in [9.17, 15) is 23.5 Å². The van der Waals surface area contributed by atoms with Gasteiger partial charge in [-0.05, 0) is 36.6 Å². The molecule has 1 fully saturated rings. The number of hydrogen-bond donors (Lipinski definition) is 2. The van der Waals surface area contributed by atoms with Crippen molar-refractivity contribution in [3.63, 3.8) is 0 Å². The Morgan fingerprint density at radius 3 is 2.81 bits per heavy atom. The van der Waals surface area contributed by atoms with Gasteiger partial charge in [0.1, 0.15) is 17.2 Å². The third kappa shape index (κ3) is 4.00. The van der Waals surface area contributed by atoms with Crippen molar-refractivity contribution >= 4 is 23.3 Å². The molecule has 1 aliphatic heterocycles. The van der Waals surface area contributed by atoms with Gasteiger partial charge in [0, 0.05) is 10.4 Å². The molecule has 0 spiro atoms. The van der Waals surface area contributed by atoms with Crippen LogP contribution in [-0.4, -0.2) is 41.2 Å². The van der Waals surface area contributed by atoms with Gasteiger partial charge in [-0.2, -0.15) is 0 Å². The molecule has 0 saturated carbocycles. The summed E-state index contributed by atoms with van der Waals surface area (Å²) in [5.74, 6) is -2.31. The lowest BCUT2D eigenvalue weighted by Gasteiger charge is -2.23. The summed E-state index contributed by atoms with van der Waals surface area (Å²) in [6.07, 6.45) is -1.11. The number of carbonyl (C=O) groups excluding carboxylic acids is 2. The van der Waals surface area contributed by atoms with Gasteiger partial charge in [0.2, 0.25) is 0 Å². The average molecular weight is 396 g/mol. The lowest BCUT2D eigenvalue weighted by Crippen LogP contribution is -2.43. The van der Waals surface area contributed by atoms with Crippen molar-refractivity contribution in [1.29, 1.82) is 0 Å². The number of aliphatic hydroxyl groups is 1. The van der Waals surface area contributed by atoms with Crippen molar-refractivity contribution in [2.24, 2.45) is 0 Å². The van der Waals surface area contributed by atoms with E-state index in [0.717, 1.165) is 28.0 Å². The van der Waals surface area contributed by atoms with Crippen LogP contribution in [0.4, 0.5) is 13.6 Å². The normalized spacial score (nSPS) is 20.8. The molecule has 0 unspecified atom stereocenters. The van der Waals surface area contributed by atoms with E-state index in [2.05, 4.69) is 5.32 Å². The molecular weight excluding hydrogens is 378 g/mol. The predicted molar refractivity (Wildman–Crippen MR) is 93.9 cm³/mol. The van der Waals surface area contributed by atoms with Crippen molar-refractivity contribution in [3.05, 3.63) is 57.8 Å². The number of benzene rings is 1. The number of nitrogens with zero attached hydrogens (tertiary/aromatic N) is 1. The van der Waals surface area contributed by atoms with Crippen molar-refractivity contribution in [2.45, 2.75) is 25.2 Å². The van der Waals surface area contributed by atoms with Crippen LogP contribution >= 0.6 is 11.3 Å². The molecule has 3 rings (SSSR count). The number of thiophene rings is 1. The summed E-state index contributed by atoms with van der Waals surface area (Å²) in [7, 11) is 0. The summed E-state index contributed by atoms with van der Waals surface area (Å²) in [6.45, 7) is 1.20. The van der Waals surface area contributed by atoms with Gasteiger partial charge in [0.05, 0.1) is 25.9 Å². The number of carbonyl (C=O) groups is 2. The van der Waals surface area contributed by atoms with Crippen molar-refractivity contribution in [3.8, 4) is 0 Å². The molecule has 2 N–H and O–H groups in total. The zero-order chi connectivity index (χ0) is 19.6. The highest BCUT2D eigenvalue weighted by atomic mass is 32.1. The standard InChI is InChI=1S/C18H18F2N2O4S/c1-18(14-7-11(19)4-5-15(14)20)16(24)22(17(25)21-18)8-12(23)9-26-10-13-3-2-6-27-13/h2-7,12,23H,8-10H2,1H3,(H,21,25)/t12-,18-/m1/s1. The van der Waals surface area contributed by atoms with Crippen LogP contribution in [0.5, 0.6) is 0 Å². The molecule has 0 aliphatic carbocycles. The third-order valence-corrected chi connectivity index (χ3v) is 5.12. The summed E-state index contributed by atoms with van der Waals surface area (Å²) < 4.78 is 33.0. The molecule has 0 radical (unpaired) electrons. The smallest absolute Gasteiger partial charge is 0.325 e. The van der Waals surface area contributed by atoms with Crippen LogP contribution in [-0.2, 0) is 21.7 Å². The highest BCUT2D eigenvalue weighted by molar-refractivity contribution is 7.09. The van der Waals surface area contributed by atoms with E-state index < -0.39 is 35.2 Å². The van der Waals surface area contributed by atoms with Crippen LogP contribution in [0.3, 0.4) is 0 Å². The monoisotopic (exact) mass is 396 g/mol. The number of halogens is 2. The quantitative estimate of drug-likeness (QED) is 0.705. The zero-order valence-corrected chi connectivity index (χ0v) is 15.3. The number of amides is 3. The summed E-state index contributed by atoms with van der Waals surface area (Å²) >= 11 is 1.51. The van der Waals surface area contributed by atoms with Gasteiger partial charge in [-0.25, -0.2) is 13.6 Å². The number of ether oxygens (including phenoxy) is 1. The van der Waals surface area contributed by atoms with Gasteiger partial charge < -0.3 is 15.2 Å². The molecular formula is C18H18F2N2O4S. The Bertz CT molecular complexity index is 846. The van der Waals surface area contributed by atoms with E-state index in [4.69, 9.17) is 4.74 Å². The highest BCUT2D eigenvalue weighted by Gasteiger charge is 2.50. The molecule has 27 heavy (non-hydrogen) atoms. The van der Waals surface area contributed by atoms with E-state index in [1.165, 1.54) is 18.3 Å². The summed E-state index contributed by atoms with van der Waals surface area (Å²) in [5, 5.41) is 14.4. The van der Waals surface area contributed by atoms with Crippen LogP contribution in [0, 0.1) is 11.6 Å². The van der Waals surface area contributed by atoms with Gasteiger partial charge >= 0.3 is 6.03 Å². The van der Waals surface area contributed by atoms with Gasteiger partial charge in [-0.15, -0.1) is 11.3 Å². The molecule has 6 nitrogen and oxygen atoms in total. The van der Waals surface area contributed by atoms with E-state index in [0.29, 0.717) is 6.61 Å². The first-order chi connectivity index (χ1) is 12.8. The first-order valence-corrected chi connectivity index (χ1v) is 9.07. The molecule has 144 valence electrons. The van der Waals surface area contributed by atoms with Crippen LogP contribution in [0.1, 0.15) is 17.4 Å². The molecule has 2 atom stereocenters. The fourth-order valence-corrected chi connectivity index (χ4v) is 3.52. The second-order valence-electron chi connectivity index (χ2n) is 6.34. The number of β-amino-alcohol motifs (C(OH)–C–C–N with tert-alkyl or cyclic N) is 1. The Morgan fingerprint density at radius 2 is 2.11 bits per heavy atom. The minimum Gasteiger partial charge on any atom is -0.389 e.